The van der Waals surface area contributed by atoms with E-state index in [-0.39, 0.29) is 0 Å². The molecule has 0 spiro atoms. The van der Waals surface area contributed by atoms with Gasteiger partial charge in [0, 0.05) is 29.7 Å². The van der Waals surface area contributed by atoms with E-state index in [0.717, 1.165) is 46.5 Å². The third kappa shape index (κ3) is 3.13. The van der Waals surface area contributed by atoms with Gasteiger partial charge in [-0.1, -0.05) is 48.7 Å². The number of halogens is 1. The normalized spacial score (nSPS) is 20.4. The smallest absolute Gasteiger partial charge is 0.196 e. The molecule has 2 aliphatic carbocycles. The molecule has 6 heteroatoms. The number of allylic oxidation sites excluding steroid dienone is 6. The van der Waals surface area contributed by atoms with E-state index in [9.17, 15) is 0 Å². The maximum absolute atomic E-state index is 6.53. The number of fused-ring (bicyclic) bond motifs is 1. The van der Waals surface area contributed by atoms with Crippen LogP contribution in [0.1, 0.15) is 49.9 Å². The summed E-state index contributed by atoms with van der Waals surface area (Å²) in [4.78, 5) is 6.02. The van der Waals surface area contributed by atoms with Crippen LogP contribution in [0, 0.1) is 0 Å². The molecule has 4 nitrogen and oxygen atoms in total. The predicted octanol–water partition coefficient (Wildman–Crippen LogP) is 5.55. The summed E-state index contributed by atoms with van der Waals surface area (Å²) in [6.07, 6.45) is 17.9. The van der Waals surface area contributed by atoms with E-state index in [1.165, 1.54) is 37.0 Å². The summed E-state index contributed by atoms with van der Waals surface area (Å²) in [5.74, 6) is 1.10. The molecule has 0 unspecified atom stereocenters. The number of nitrogens with zero attached hydrogens (tertiary/aromatic N) is 2. The number of dihydropyridines is 1. The summed E-state index contributed by atoms with van der Waals surface area (Å²) in [6.45, 7) is 0.780. The minimum atomic E-state index is 0.515. The Balaban J connectivity index is 1.66. The van der Waals surface area contributed by atoms with Gasteiger partial charge in [0.15, 0.2) is 4.96 Å². The number of anilines is 1. The SMILES string of the molecule is ClC1=CNCC=C1c1nc2scc(C3=CC=CCC3)n2c1NC1CCCC1. The fourth-order valence-electron chi connectivity index (χ4n) is 4.18. The van der Waals surface area contributed by atoms with Crippen LogP contribution in [0.5, 0.6) is 0 Å². The van der Waals surface area contributed by atoms with Crippen molar-refractivity contribution in [3.63, 3.8) is 0 Å². The van der Waals surface area contributed by atoms with E-state index in [1.54, 1.807) is 11.3 Å². The molecule has 140 valence electrons. The second-order valence-corrected chi connectivity index (χ2v) is 8.59. The third-order valence-electron chi connectivity index (χ3n) is 5.57. The van der Waals surface area contributed by atoms with Gasteiger partial charge in [0.05, 0.1) is 10.7 Å². The average molecular weight is 399 g/mol. The van der Waals surface area contributed by atoms with Crippen molar-refractivity contribution in [2.24, 2.45) is 0 Å². The van der Waals surface area contributed by atoms with E-state index in [1.807, 2.05) is 6.20 Å². The minimum absolute atomic E-state index is 0.515. The zero-order chi connectivity index (χ0) is 18.2. The fraction of sp³-hybridized carbons (Fsp3) is 0.381. The fourth-order valence-corrected chi connectivity index (χ4v) is 5.33. The lowest BCUT2D eigenvalue weighted by Crippen LogP contribution is -2.18. The first-order valence-electron chi connectivity index (χ1n) is 9.74. The maximum atomic E-state index is 6.53. The molecule has 1 aliphatic heterocycles. The Morgan fingerprint density at radius 3 is 2.96 bits per heavy atom. The van der Waals surface area contributed by atoms with Crippen molar-refractivity contribution in [1.82, 2.24) is 14.7 Å². The lowest BCUT2D eigenvalue weighted by Gasteiger charge is -2.18. The first kappa shape index (κ1) is 17.1. The Kier molecular flexibility index (Phi) is 4.58. The predicted molar refractivity (Wildman–Crippen MR) is 115 cm³/mol. The minimum Gasteiger partial charge on any atom is -0.386 e. The number of hydrogen-bond acceptors (Lipinski definition) is 4. The second-order valence-electron chi connectivity index (χ2n) is 7.35. The first-order chi connectivity index (χ1) is 13.3. The lowest BCUT2D eigenvalue weighted by molar-refractivity contribution is 0.748. The van der Waals surface area contributed by atoms with Crippen molar-refractivity contribution in [3.8, 4) is 0 Å². The summed E-state index contributed by atoms with van der Waals surface area (Å²) < 4.78 is 2.32. The van der Waals surface area contributed by atoms with Gasteiger partial charge in [0.25, 0.3) is 0 Å². The molecule has 1 fully saturated rings. The Bertz CT molecular complexity index is 985. The molecular formula is C21H23ClN4S. The topological polar surface area (TPSA) is 41.4 Å². The van der Waals surface area contributed by atoms with E-state index in [4.69, 9.17) is 16.6 Å². The van der Waals surface area contributed by atoms with Gasteiger partial charge in [-0.25, -0.2) is 4.98 Å². The van der Waals surface area contributed by atoms with Gasteiger partial charge in [-0.05, 0) is 31.3 Å². The van der Waals surface area contributed by atoms with Crippen molar-refractivity contribution in [2.75, 3.05) is 11.9 Å². The molecule has 5 rings (SSSR count). The summed E-state index contributed by atoms with van der Waals surface area (Å²) in [7, 11) is 0. The van der Waals surface area contributed by atoms with Gasteiger partial charge < -0.3 is 10.6 Å². The standard InChI is InChI=1S/C21H23ClN4S/c22-17-12-23-11-10-16(17)19-20(24-15-8-4-5-9-15)26-18(13-27-21(26)25-19)14-6-2-1-3-7-14/h1-2,6,10,12-13,15,23-24H,3-5,7-9,11H2. The van der Waals surface area contributed by atoms with Gasteiger partial charge in [0.2, 0.25) is 0 Å². The number of imidazole rings is 1. The summed E-state index contributed by atoms with van der Waals surface area (Å²) in [5.41, 5.74) is 4.64. The Morgan fingerprint density at radius 1 is 1.30 bits per heavy atom. The van der Waals surface area contributed by atoms with Crippen molar-refractivity contribution < 1.29 is 0 Å². The van der Waals surface area contributed by atoms with Gasteiger partial charge in [-0.15, -0.1) is 11.3 Å². The van der Waals surface area contributed by atoms with Crippen LogP contribution in [0.25, 0.3) is 16.1 Å². The Hall–Kier alpha value is -1.98. The number of nitrogens with one attached hydrogen (secondary N) is 2. The molecule has 2 aromatic heterocycles. The second kappa shape index (κ2) is 7.21. The molecule has 0 saturated heterocycles. The maximum Gasteiger partial charge on any atom is 0.196 e. The molecule has 0 amide bonds. The summed E-state index contributed by atoms with van der Waals surface area (Å²) in [6, 6.07) is 0.515. The molecule has 0 bridgehead atoms. The molecule has 3 aliphatic rings. The Labute approximate surface area is 168 Å². The van der Waals surface area contributed by atoms with Gasteiger partial charge in [-0.3, -0.25) is 4.40 Å². The summed E-state index contributed by atoms with van der Waals surface area (Å²) >= 11 is 8.23. The zero-order valence-electron chi connectivity index (χ0n) is 15.2. The molecule has 0 radical (unpaired) electrons. The van der Waals surface area contributed by atoms with Gasteiger partial charge in [-0.2, -0.15) is 0 Å². The van der Waals surface area contributed by atoms with Gasteiger partial charge >= 0.3 is 0 Å². The van der Waals surface area contributed by atoms with Crippen molar-refractivity contribution in [3.05, 3.63) is 52.3 Å². The molecule has 0 aromatic carbocycles. The first-order valence-corrected chi connectivity index (χ1v) is 11.0. The molecule has 27 heavy (non-hydrogen) atoms. The van der Waals surface area contributed by atoms with Crippen molar-refractivity contribution in [1.29, 1.82) is 0 Å². The third-order valence-corrected chi connectivity index (χ3v) is 6.71. The van der Waals surface area contributed by atoms with E-state index in [2.05, 4.69) is 44.7 Å². The summed E-state index contributed by atoms with van der Waals surface area (Å²) in [5, 5.41) is 9.97. The van der Waals surface area contributed by atoms with Crippen LogP contribution in [0.2, 0.25) is 0 Å². The Morgan fingerprint density at radius 2 is 2.19 bits per heavy atom. The molecule has 2 N–H and O–H groups in total. The average Bonchev–Trinajstić information content (AvgIpc) is 3.42. The van der Waals surface area contributed by atoms with Crippen LogP contribution < -0.4 is 10.6 Å². The highest BCUT2D eigenvalue weighted by Gasteiger charge is 2.26. The van der Waals surface area contributed by atoms with Crippen molar-refractivity contribution in [2.45, 2.75) is 44.6 Å². The number of rotatable bonds is 4. The van der Waals surface area contributed by atoms with Crippen LogP contribution >= 0.6 is 22.9 Å². The number of hydrogen-bond donors (Lipinski definition) is 2. The van der Waals surface area contributed by atoms with Crippen LogP contribution in [0.15, 0.2) is 40.9 Å². The van der Waals surface area contributed by atoms with Crippen LogP contribution in [0.3, 0.4) is 0 Å². The van der Waals surface area contributed by atoms with E-state index >= 15 is 0 Å². The monoisotopic (exact) mass is 398 g/mol. The molecule has 3 heterocycles. The largest absolute Gasteiger partial charge is 0.386 e. The molecular weight excluding hydrogens is 376 g/mol. The highest BCUT2D eigenvalue weighted by Crippen LogP contribution is 2.38. The van der Waals surface area contributed by atoms with E-state index < -0.39 is 0 Å². The lowest BCUT2D eigenvalue weighted by atomic mass is 10.0. The highest BCUT2D eigenvalue weighted by molar-refractivity contribution is 7.15. The molecule has 0 atom stereocenters. The highest BCUT2D eigenvalue weighted by atomic mass is 35.5. The van der Waals surface area contributed by atoms with Crippen LogP contribution in [-0.2, 0) is 0 Å². The van der Waals surface area contributed by atoms with Gasteiger partial charge in [0.1, 0.15) is 11.5 Å². The van der Waals surface area contributed by atoms with E-state index in [0.29, 0.717) is 6.04 Å². The van der Waals surface area contributed by atoms with Crippen LogP contribution in [0.4, 0.5) is 5.82 Å². The number of thiazole rings is 1. The molecule has 1 saturated carbocycles. The molecule has 2 aromatic rings. The zero-order valence-corrected chi connectivity index (χ0v) is 16.7. The number of aromatic nitrogens is 2. The quantitative estimate of drug-likeness (QED) is 0.709. The van der Waals surface area contributed by atoms with Crippen molar-refractivity contribution >= 4 is 44.9 Å². The van der Waals surface area contributed by atoms with Crippen LogP contribution in [-0.4, -0.2) is 22.0 Å².